The SMILES string of the molecule is CC(C)n1cc(-c2ccc3nc(NCCO)sc3c2)c2c(N)ncnc21. The van der Waals surface area contributed by atoms with E-state index in [9.17, 15) is 0 Å². The standard InChI is InChI=1S/C18H20N6OS/c1-10(2)24-8-12(15-16(19)21-9-22-17(15)24)11-3-4-13-14(7-11)26-18(23-13)20-5-6-25/h3-4,7-10,25H,5-6H2,1-2H3,(H,20,23)(H2,19,21,22). The smallest absolute Gasteiger partial charge is 0.183 e. The molecule has 7 nitrogen and oxygen atoms in total. The fraction of sp³-hybridized carbons (Fsp3) is 0.278. The normalized spacial score (nSPS) is 11.7. The largest absolute Gasteiger partial charge is 0.395 e. The summed E-state index contributed by atoms with van der Waals surface area (Å²) in [6, 6.07) is 6.43. The highest BCUT2D eigenvalue weighted by Gasteiger charge is 2.17. The van der Waals surface area contributed by atoms with Crippen LogP contribution in [-0.2, 0) is 0 Å². The molecule has 0 atom stereocenters. The van der Waals surface area contributed by atoms with Gasteiger partial charge in [0, 0.05) is 24.3 Å². The van der Waals surface area contributed by atoms with E-state index in [-0.39, 0.29) is 12.6 Å². The number of nitrogens with one attached hydrogen (secondary N) is 1. The Bertz CT molecular complexity index is 1080. The summed E-state index contributed by atoms with van der Waals surface area (Å²) in [7, 11) is 0. The van der Waals surface area contributed by atoms with Crippen LogP contribution in [0.2, 0.25) is 0 Å². The van der Waals surface area contributed by atoms with Gasteiger partial charge in [-0.3, -0.25) is 0 Å². The topological polar surface area (TPSA) is 102 Å². The zero-order chi connectivity index (χ0) is 18.3. The number of thiazole rings is 1. The number of benzene rings is 1. The molecule has 4 rings (SSSR count). The van der Waals surface area contributed by atoms with Crippen LogP contribution in [0.3, 0.4) is 0 Å². The Kier molecular flexibility index (Phi) is 4.21. The van der Waals surface area contributed by atoms with Crippen molar-refractivity contribution in [1.82, 2.24) is 19.5 Å². The van der Waals surface area contributed by atoms with Crippen LogP contribution in [0.1, 0.15) is 19.9 Å². The lowest BCUT2D eigenvalue weighted by atomic mass is 10.1. The summed E-state index contributed by atoms with van der Waals surface area (Å²) >= 11 is 1.57. The van der Waals surface area contributed by atoms with Gasteiger partial charge in [-0.25, -0.2) is 15.0 Å². The minimum Gasteiger partial charge on any atom is -0.395 e. The zero-order valence-electron chi connectivity index (χ0n) is 14.6. The van der Waals surface area contributed by atoms with Gasteiger partial charge in [0.05, 0.1) is 22.2 Å². The maximum absolute atomic E-state index is 8.96. The highest BCUT2D eigenvalue weighted by Crippen LogP contribution is 2.36. The number of hydrogen-bond donors (Lipinski definition) is 3. The first-order valence-electron chi connectivity index (χ1n) is 8.45. The van der Waals surface area contributed by atoms with Gasteiger partial charge in [-0.15, -0.1) is 0 Å². The molecule has 4 aromatic rings. The van der Waals surface area contributed by atoms with Gasteiger partial charge in [-0.05, 0) is 31.5 Å². The van der Waals surface area contributed by atoms with E-state index in [0.717, 1.165) is 37.5 Å². The number of aromatic nitrogens is 4. The van der Waals surface area contributed by atoms with Crippen molar-refractivity contribution in [2.75, 3.05) is 24.2 Å². The summed E-state index contributed by atoms with van der Waals surface area (Å²) in [6.45, 7) is 4.80. The molecule has 4 N–H and O–H groups in total. The van der Waals surface area contributed by atoms with Crippen molar-refractivity contribution < 1.29 is 5.11 Å². The van der Waals surface area contributed by atoms with E-state index in [1.54, 1.807) is 11.3 Å². The summed E-state index contributed by atoms with van der Waals surface area (Å²) in [5.41, 5.74) is 10.0. The molecular weight excluding hydrogens is 348 g/mol. The molecule has 8 heteroatoms. The molecule has 26 heavy (non-hydrogen) atoms. The second kappa shape index (κ2) is 6.54. The number of nitrogens with two attached hydrogens (primary N) is 1. The van der Waals surface area contributed by atoms with Crippen molar-refractivity contribution in [1.29, 1.82) is 0 Å². The van der Waals surface area contributed by atoms with E-state index in [0.29, 0.717) is 12.4 Å². The minimum absolute atomic E-state index is 0.0785. The Hall–Kier alpha value is -2.71. The van der Waals surface area contributed by atoms with E-state index in [1.165, 1.54) is 6.33 Å². The van der Waals surface area contributed by atoms with Crippen LogP contribution in [0, 0.1) is 0 Å². The number of anilines is 2. The van der Waals surface area contributed by atoms with Crippen molar-refractivity contribution >= 4 is 43.5 Å². The van der Waals surface area contributed by atoms with Crippen LogP contribution in [0.15, 0.2) is 30.7 Å². The third-order valence-corrected chi connectivity index (χ3v) is 5.26. The number of rotatable bonds is 5. The molecule has 0 unspecified atom stereocenters. The summed E-state index contributed by atoms with van der Waals surface area (Å²) in [5.74, 6) is 0.485. The molecule has 0 spiro atoms. The van der Waals surface area contributed by atoms with E-state index >= 15 is 0 Å². The molecule has 0 bridgehead atoms. The number of aliphatic hydroxyl groups is 1. The Morgan fingerprint density at radius 3 is 2.92 bits per heavy atom. The maximum atomic E-state index is 8.96. The van der Waals surface area contributed by atoms with Crippen molar-refractivity contribution in [2.24, 2.45) is 0 Å². The average Bonchev–Trinajstić information content (AvgIpc) is 3.21. The molecule has 0 aliphatic heterocycles. The fourth-order valence-corrected chi connectivity index (χ4v) is 3.98. The van der Waals surface area contributed by atoms with Crippen LogP contribution in [0.4, 0.5) is 10.9 Å². The number of aliphatic hydroxyl groups excluding tert-OH is 1. The van der Waals surface area contributed by atoms with Crippen molar-refractivity contribution in [2.45, 2.75) is 19.9 Å². The molecule has 0 radical (unpaired) electrons. The quantitative estimate of drug-likeness (QED) is 0.500. The Balaban J connectivity index is 1.87. The van der Waals surface area contributed by atoms with E-state index < -0.39 is 0 Å². The van der Waals surface area contributed by atoms with Gasteiger partial charge in [-0.1, -0.05) is 17.4 Å². The van der Waals surface area contributed by atoms with Crippen LogP contribution in [0.25, 0.3) is 32.4 Å². The van der Waals surface area contributed by atoms with Crippen molar-refractivity contribution in [3.63, 3.8) is 0 Å². The third kappa shape index (κ3) is 2.77. The molecule has 0 aliphatic rings. The predicted octanol–water partition coefficient (Wildman–Crippen LogP) is 3.28. The van der Waals surface area contributed by atoms with Gasteiger partial charge in [0.1, 0.15) is 17.8 Å². The summed E-state index contributed by atoms with van der Waals surface area (Å²) in [6.07, 6.45) is 3.60. The van der Waals surface area contributed by atoms with E-state index in [2.05, 4.69) is 50.9 Å². The van der Waals surface area contributed by atoms with Gasteiger partial charge in [0.25, 0.3) is 0 Å². The van der Waals surface area contributed by atoms with E-state index in [4.69, 9.17) is 10.8 Å². The molecule has 134 valence electrons. The minimum atomic E-state index is 0.0785. The van der Waals surface area contributed by atoms with Crippen molar-refractivity contribution in [3.8, 4) is 11.1 Å². The number of nitrogen functional groups attached to an aromatic ring is 1. The molecule has 0 saturated heterocycles. The molecule has 0 aliphatic carbocycles. The number of fused-ring (bicyclic) bond motifs is 2. The molecule has 3 heterocycles. The number of hydrogen-bond acceptors (Lipinski definition) is 7. The Labute approximate surface area is 154 Å². The molecule has 1 aromatic carbocycles. The summed E-state index contributed by atoms with van der Waals surface area (Å²) < 4.78 is 3.19. The lowest BCUT2D eigenvalue weighted by molar-refractivity contribution is 0.311. The fourth-order valence-electron chi connectivity index (χ4n) is 3.05. The molecular formula is C18H20N6OS. The van der Waals surface area contributed by atoms with Crippen LogP contribution in [-0.4, -0.2) is 37.8 Å². The first-order chi connectivity index (χ1) is 12.6. The van der Waals surface area contributed by atoms with Crippen molar-refractivity contribution in [3.05, 3.63) is 30.7 Å². The van der Waals surface area contributed by atoms with Crippen LogP contribution in [0.5, 0.6) is 0 Å². The number of nitrogens with zero attached hydrogens (tertiary/aromatic N) is 4. The molecule has 3 aromatic heterocycles. The highest BCUT2D eigenvalue weighted by molar-refractivity contribution is 7.22. The molecule has 0 fully saturated rings. The second-order valence-corrected chi connectivity index (χ2v) is 7.38. The highest BCUT2D eigenvalue weighted by atomic mass is 32.1. The maximum Gasteiger partial charge on any atom is 0.183 e. The van der Waals surface area contributed by atoms with Gasteiger partial charge in [-0.2, -0.15) is 0 Å². The predicted molar refractivity (Wildman–Crippen MR) is 107 cm³/mol. The monoisotopic (exact) mass is 368 g/mol. The molecule has 0 saturated carbocycles. The lowest BCUT2D eigenvalue weighted by Crippen LogP contribution is -2.04. The van der Waals surface area contributed by atoms with Gasteiger partial charge < -0.3 is 20.7 Å². The summed E-state index contributed by atoms with van der Waals surface area (Å²) in [5, 5.41) is 13.8. The van der Waals surface area contributed by atoms with Crippen LogP contribution < -0.4 is 11.1 Å². The first-order valence-corrected chi connectivity index (χ1v) is 9.27. The van der Waals surface area contributed by atoms with Gasteiger partial charge in [0.2, 0.25) is 0 Å². The van der Waals surface area contributed by atoms with Gasteiger partial charge >= 0.3 is 0 Å². The zero-order valence-corrected chi connectivity index (χ0v) is 15.4. The lowest BCUT2D eigenvalue weighted by Gasteiger charge is -2.07. The first kappa shape index (κ1) is 16.7. The van der Waals surface area contributed by atoms with Gasteiger partial charge in [0.15, 0.2) is 5.13 Å². The summed E-state index contributed by atoms with van der Waals surface area (Å²) in [4.78, 5) is 13.2. The molecule has 0 amide bonds. The van der Waals surface area contributed by atoms with Crippen LogP contribution >= 0.6 is 11.3 Å². The Morgan fingerprint density at radius 2 is 2.15 bits per heavy atom. The second-order valence-electron chi connectivity index (χ2n) is 6.35. The third-order valence-electron chi connectivity index (χ3n) is 4.28. The Morgan fingerprint density at radius 1 is 1.31 bits per heavy atom. The van der Waals surface area contributed by atoms with E-state index in [1.807, 2.05) is 12.1 Å². The average molecular weight is 368 g/mol.